The Hall–Kier alpha value is -1.55. The van der Waals surface area contributed by atoms with Gasteiger partial charge in [-0.2, -0.15) is 0 Å². The largest absolute Gasteiger partial charge is 0.444 e. The van der Waals surface area contributed by atoms with E-state index in [9.17, 15) is 4.79 Å². The molecule has 0 bridgehead atoms. The molecule has 1 N–H and O–H groups in total. The number of unbranched alkanes of at least 4 members (excludes halogenated alkanes) is 1. The molecule has 0 unspecified atom stereocenters. The van der Waals surface area contributed by atoms with Crippen molar-refractivity contribution in [2.75, 3.05) is 6.61 Å². The van der Waals surface area contributed by atoms with Gasteiger partial charge in [0.05, 0.1) is 6.61 Å². The summed E-state index contributed by atoms with van der Waals surface area (Å²) in [5.74, 6) is 0. The van der Waals surface area contributed by atoms with E-state index in [0.717, 1.165) is 38.7 Å². The number of nitrogens with one attached hydrogen (secondary N) is 1. The minimum atomic E-state index is -0.452. The number of hydrogen-bond acceptors (Lipinski definition) is 3. The first-order valence-electron chi connectivity index (χ1n) is 9.02. The van der Waals surface area contributed by atoms with Gasteiger partial charge in [-0.3, -0.25) is 0 Å². The summed E-state index contributed by atoms with van der Waals surface area (Å²) in [4.78, 5) is 11.9. The van der Waals surface area contributed by atoms with E-state index in [2.05, 4.69) is 24.4 Å². The molecule has 0 saturated carbocycles. The summed E-state index contributed by atoms with van der Waals surface area (Å²) in [5.41, 5.74) is 0.750. The third-order valence-corrected chi connectivity index (χ3v) is 3.56. The van der Waals surface area contributed by atoms with Gasteiger partial charge in [-0.05, 0) is 52.0 Å². The van der Waals surface area contributed by atoms with Crippen molar-refractivity contribution in [3.8, 4) is 0 Å². The van der Waals surface area contributed by atoms with E-state index in [1.54, 1.807) is 0 Å². The number of carbonyl (C=O) groups is 1. The van der Waals surface area contributed by atoms with E-state index in [0.29, 0.717) is 6.61 Å². The van der Waals surface area contributed by atoms with Crippen LogP contribution in [0.4, 0.5) is 4.79 Å². The van der Waals surface area contributed by atoms with Gasteiger partial charge in [0.2, 0.25) is 0 Å². The molecule has 0 aromatic heterocycles. The Bertz CT molecular complexity index is 454. The van der Waals surface area contributed by atoms with Crippen LogP contribution in [0.25, 0.3) is 0 Å². The minimum absolute atomic E-state index is 0.180. The fraction of sp³-hybridized carbons (Fsp3) is 0.650. The molecule has 0 spiro atoms. The lowest BCUT2D eigenvalue weighted by molar-refractivity contribution is 0.0497. The number of alkyl carbamates (subject to hydrolysis) is 1. The molecule has 0 aliphatic rings. The average molecular weight is 335 g/mol. The van der Waals surface area contributed by atoms with E-state index in [1.807, 2.05) is 39.0 Å². The van der Waals surface area contributed by atoms with Gasteiger partial charge < -0.3 is 14.8 Å². The third-order valence-electron chi connectivity index (χ3n) is 3.56. The van der Waals surface area contributed by atoms with Crippen molar-refractivity contribution in [3.63, 3.8) is 0 Å². The summed E-state index contributed by atoms with van der Waals surface area (Å²) >= 11 is 0. The van der Waals surface area contributed by atoms with Crippen molar-refractivity contribution in [1.29, 1.82) is 0 Å². The highest BCUT2D eigenvalue weighted by atomic mass is 16.6. The second-order valence-electron chi connectivity index (χ2n) is 7.17. The van der Waals surface area contributed by atoms with Gasteiger partial charge in [-0.15, -0.1) is 0 Å². The van der Waals surface area contributed by atoms with Gasteiger partial charge in [-0.1, -0.05) is 43.7 Å². The molecular formula is C20H33NO3. The summed E-state index contributed by atoms with van der Waals surface area (Å²) in [6, 6.07) is 10.4. The van der Waals surface area contributed by atoms with Crippen molar-refractivity contribution < 1.29 is 14.3 Å². The van der Waals surface area contributed by atoms with E-state index in [1.165, 1.54) is 5.56 Å². The van der Waals surface area contributed by atoms with Crippen molar-refractivity contribution in [3.05, 3.63) is 35.9 Å². The zero-order valence-electron chi connectivity index (χ0n) is 15.6. The molecule has 4 nitrogen and oxygen atoms in total. The molecule has 1 atom stereocenters. The highest BCUT2D eigenvalue weighted by Gasteiger charge is 2.18. The van der Waals surface area contributed by atoms with Gasteiger partial charge in [-0.25, -0.2) is 4.79 Å². The van der Waals surface area contributed by atoms with Crippen LogP contribution in [-0.4, -0.2) is 24.3 Å². The Balaban J connectivity index is 2.17. The molecule has 0 aliphatic heterocycles. The Morgan fingerprint density at radius 2 is 1.83 bits per heavy atom. The molecule has 0 saturated heterocycles. The predicted octanol–water partition coefficient (Wildman–Crippen LogP) is 5.07. The molecule has 136 valence electrons. The molecule has 1 amide bonds. The summed E-state index contributed by atoms with van der Waals surface area (Å²) < 4.78 is 11.0. The topological polar surface area (TPSA) is 47.6 Å². The lowest BCUT2D eigenvalue weighted by atomic mass is 10.1. The lowest BCUT2D eigenvalue weighted by Gasteiger charge is -2.23. The number of amides is 1. The van der Waals surface area contributed by atoms with Crippen LogP contribution in [0.5, 0.6) is 0 Å². The molecular weight excluding hydrogens is 302 g/mol. The van der Waals surface area contributed by atoms with Gasteiger partial charge in [0.15, 0.2) is 0 Å². The summed E-state index contributed by atoms with van der Waals surface area (Å²) in [6.07, 6.45) is 4.70. The number of hydrogen-bond donors (Lipinski definition) is 1. The van der Waals surface area contributed by atoms with E-state index in [-0.39, 0.29) is 12.1 Å². The van der Waals surface area contributed by atoms with E-state index < -0.39 is 5.60 Å². The molecule has 0 aliphatic carbocycles. The molecule has 1 aromatic carbocycles. The first-order chi connectivity index (χ1) is 11.4. The lowest BCUT2D eigenvalue weighted by Crippen LogP contribution is -2.39. The van der Waals surface area contributed by atoms with Gasteiger partial charge in [0.25, 0.3) is 0 Å². The second kappa shape index (κ2) is 11.1. The molecule has 0 radical (unpaired) electrons. The standard InChI is InChI=1S/C20H33NO3/c1-5-11-18(21-19(22)24-20(2,3)4)14-9-10-15-23-16-17-12-7-6-8-13-17/h6-8,12-13,18H,5,9-11,14-16H2,1-4H3,(H,21,22)/t18-/m1/s1. The number of benzene rings is 1. The van der Waals surface area contributed by atoms with Crippen LogP contribution in [0.2, 0.25) is 0 Å². The van der Waals surface area contributed by atoms with Crippen LogP contribution in [0.3, 0.4) is 0 Å². The normalized spacial score (nSPS) is 12.7. The summed E-state index contributed by atoms with van der Waals surface area (Å²) in [6.45, 7) is 9.19. The quantitative estimate of drug-likeness (QED) is 0.607. The van der Waals surface area contributed by atoms with Crippen LogP contribution in [-0.2, 0) is 16.1 Å². The smallest absolute Gasteiger partial charge is 0.407 e. The van der Waals surface area contributed by atoms with Crippen molar-refractivity contribution >= 4 is 6.09 Å². The Morgan fingerprint density at radius 3 is 2.46 bits per heavy atom. The van der Waals surface area contributed by atoms with E-state index >= 15 is 0 Å². The number of ether oxygens (including phenoxy) is 2. The van der Waals surface area contributed by atoms with E-state index in [4.69, 9.17) is 9.47 Å². The highest BCUT2D eigenvalue weighted by molar-refractivity contribution is 5.68. The molecule has 0 heterocycles. The van der Waals surface area contributed by atoms with Gasteiger partial charge in [0.1, 0.15) is 5.60 Å². The summed E-state index contributed by atoms with van der Waals surface area (Å²) in [5, 5.41) is 2.99. The SMILES string of the molecule is CCC[C@H](CCCCOCc1ccccc1)NC(=O)OC(C)(C)C. The van der Waals surface area contributed by atoms with Crippen LogP contribution in [0, 0.1) is 0 Å². The molecule has 1 rings (SSSR count). The molecule has 4 heteroatoms. The highest BCUT2D eigenvalue weighted by Crippen LogP contribution is 2.11. The zero-order chi connectivity index (χ0) is 17.8. The van der Waals surface area contributed by atoms with Crippen LogP contribution < -0.4 is 5.32 Å². The maximum Gasteiger partial charge on any atom is 0.407 e. The van der Waals surface area contributed by atoms with Gasteiger partial charge >= 0.3 is 6.09 Å². The number of carbonyl (C=O) groups excluding carboxylic acids is 1. The molecule has 1 aromatic rings. The van der Waals surface area contributed by atoms with Crippen molar-refractivity contribution in [1.82, 2.24) is 5.32 Å². The maximum atomic E-state index is 11.9. The minimum Gasteiger partial charge on any atom is -0.444 e. The van der Waals surface area contributed by atoms with Crippen molar-refractivity contribution in [2.24, 2.45) is 0 Å². The fourth-order valence-electron chi connectivity index (χ4n) is 2.47. The third kappa shape index (κ3) is 10.3. The van der Waals surface area contributed by atoms with Crippen molar-refractivity contribution in [2.45, 2.75) is 78.0 Å². The number of rotatable bonds is 10. The zero-order valence-corrected chi connectivity index (χ0v) is 15.6. The Morgan fingerprint density at radius 1 is 1.12 bits per heavy atom. The van der Waals surface area contributed by atoms with Crippen LogP contribution in [0.15, 0.2) is 30.3 Å². The van der Waals surface area contributed by atoms with Crippen LogP contribution >= 0.6 is 0 Å². The second-order valence-corrected chi connectivity index (χ2v) is 7.17. The monoisotopic (exact) mass is 335 g/mol. The maximum absolute atomic E-state index is 11.9. The Labute approximate surface area is 146 Å². The summed E-state index contributed by atoms with van der Waals surface area (Å²) in [7, 11) is 0. The Kier molecular flexibility index (Phi) is 9.46. The van der Waals surface area contributed by atoms with Crippen LogP contribution in [0.1, 0.15) is 65.4 Å². The first-order valence-corrected chi connectivity index (χ1v) is 9.02. The average Bonchev–Trinajstić information content (AvgIpc) is 2.50. The predicted molar refractivity (Wildman–Crippen MR) is 98.0 cm³/mol. The fourth-order valence-corrected chi connectivity index (χ4v) is 2.47. The molecule has 24 heavy (non-hydrogen) atoms. The first kappa shape index (κ1) is 20.5. The molecule has 0 fully saturated rings. The van der Waals surface area contributed by atoms with Gasteiger partial charge in [0, 0.05) is 12.6 Å².